The van der Waals surface area contributed by atoms with Crippen LogP contribution in [0.5, 0.6) is 5.75 Å². The molecule has 0 unspecified atom stereocenters. The van der Waals surface area contributed by atoms with Crippen molar-refractivity contribution < 1.29 is 18.7 Å². The van der Waals surface area contributed by atoms with Gasteiger partial charge in [0.15, 0.2) is 11.6 Å². The maximum atomic E-state index is 13.8. The second kappa shape index (κ2) is 5.34. The number of fused-ring (bicyclic) bond motifs is 1. The molecule has 2 heterocycles. The number of amides is 1. The van der Waals surface area contributed by atoms with E-state index in [1.807, 2.05) is 26.8 Å². The lowest BCUT2D eigenvalue weighted by Crippen LogP contribution is -2.63. The lowest BCUT2D eigenvalue weighted by molar-refractivity contribution is 0.00768. The van der Waals surface area contributed by atoms with Crippen LogP contribution in [-0.2, 0) is 4.74 Å². The predicted molar refractivity (Wildman–Crippen MR) is 80.8 cm³/mol. The van der Waals surface area contributed by atoms with Crippen molar-refractivity contribution in [1.29, 1.82) is 0 Å². The number of carbonyl (C=O) groups is 1. The minimum Gasteiger partial charge on any atom is -0.486 e. The summed E-state index contributed by atoms with van der Waals surface area (Å²) in [5.74, 6) is -0.0324. The molecule has 0 atom stereocenters. The van der Waals surface area contributed by atoms with Gasteiger partial charge in [0, 0.05) is 13.1 Å². The molecule has 0 radical (unpaired) electrons. The number of benzene rings is 1. The number of hydrogen-bond acceptors (Lipinski definition) is 4. The van der Waals surface area contributed by atoms with Crippen molar-refractivity contribution >= 4 is 11.8 Å². The van der Waals surface area contributed by atoms with E-state index in [0.717, 1.165) is 5.69 Å². The van der Waals surface area contributed by atoms with Crippen LogP contribution in [0.2, 0.25) is 0 Å². The van der Waals surface area contributed by atoms with Crippen LogP contribution >= 0.6 is 0 Å². The Kier molecular flexibility index (Phi) is 3.62. The van der Waals surface area contributed by atoms with Gasteiger partial charge in [-0.15, -0.1) is 0 Å². The Bertz CT molecular complexity index is 579. The average Bonchev–Trinajstić information content (AvgIpc) is 2.36. The van der Waals surface area contributed by atoms with Crippen molar-refractivity contribution in [2.75, 3.05) is 31.1 Å². The fourth-order valence-electron chi connectivity index (χ4n) is 2.74. The van der Waals surface area contributed by atoms with Gasteiger partial charge in [-0.2, -0.15) is 0 Å². The Morgan fingerprint density at radius 1 is 1.36 bits per heavy atom. The number of anilines is 1. The van der Waals surface area contributed by atoms with Crippen molar-refractivity contribution in [2.24, 2.45) is 0 Å². The van der Waals surface area contributed by atoms with Gasteiger partial charge in [0.05, 0.1) is 18.3 Å². The number of hydrogen-bond donors (Lipinski definition) is 0. The van der Waals surface area contributed by atoms with Crippen LogP contribution in [0.4, 0.5) is 14.9 Å². The Hall–Kier alpha value is -1.98. The number of halogens is 1. The molecule has 22 heavy (non-hydrogen) atoms. The van der Waals surface area contributed by atoms with Crippen LogP contribution in [0, 0.1) is 5.82 Å². The van der Waals surface area contributed by atoms with E-state index in [2.05, 4.69) is 4.90 Å². The first kappa shape index (κ1) is 14.9. The third-order valence-electron chi connectivity index (χ3n) is 3.79. The second-order valence-electron chi connectivity index (χ2n) is 6.67. The third-order valence-corrected chi connectivity index (χ3v) is 3.79. The van der Waals surface area contributed by atoms with Gasteiger partial charge in [-0.25, -0.2) is 9.18 Å². The summed E-state index contributed by atoms with van der Waals surface area (Å²) in [6.45, 7) is 7.88. The van der Waals surface area contributed by atoms with E-state index in [1.54, 1.807) is 11.0 Å². The summed E-state index contributed by atoms with van der Waals surface area (Å²) in [6, 6.07) is 5.11. The highest BCUT2D eigenvalue weighted by atomic mass is 19.1. The van der Waals surface area contributed by atoms with Gasteiger partial charge in [-0.05, 0) is 32.9 Å². The molecule has 0 aromatic heterocycles. The van der Waals surface area contributed by atoms with Gasteiger partial charge >= 0.3 is 6.09 Å². The zero-order valence-electron chi connectivity index (χ0n) is 13.1. The first-order valence-electron chi connectivity index (χ1n) is 7.51. The highest BCUT2D eigenvalue weighted by Gasteiger charge is 2.39. The monoisotopic (exact) mass is 308 g/mol. The number of rotatable bonds is 1. The SMILES string of the molecule is CC(C)(C)OC(=O)N1CC(N2CCOc3c(F)cccc32)C1. The van der Waals surface area contributed by atoms with Crippen molar-refractivity contribution in [2.45, 2.75) is 32.4 Å². The van der Waals surface area contributed by atoms with E-state index < -0.39 is 5.60 Å². The predicted octanol–water partition coefficient (Wildman–Crippen LogP) is 2.64. The molecule has 6 heteroatoms. The number of likely N-dealkylation sites (tertiary alicyclic amines) is 1. The van der Waals surface area contributed by atoms with Crippen LogP contribution in [0.15, 0.2) is 18.2 Å². The molecule has 0 saturated carbocycles. The Morgan fingerprint density at radius 2 is 2.09 bits per heavy atom. The summed E-state index contributed by atoms with van der Waals surface area (Å²) in [4.78, 5) is 15.8. The normalized spacial score (nSPS) is 18.4. The van der Waals surface area contributed by atoms with E-state index in [0.29, 0.717) is 32.0 Å². The van der Waals surface area contributed by atoms with Crippen LogP contribution in [-0.4, -0.2) is 48.9 Å². The molecule has 120 valence electrons. The lowest BCUT2D eigenvalue weighted by atomic mass is 10.1. The van der Waals surface area contributed by atoms with E-state index in [4.69, 9.17) is 9.47 Å². The number of ether oxygens (including phenoxy) is 2. The van der Waals surface area contributed by atoms with Gasteiger partial charge in [-0.1, -0.05) is 6.07 Å². The van der Waals surface area contributed by atoms with Crippen molar-refractivity contribution in [1.82, 2.24) is 4.90 Å². The summed E-state index contributed by atoms with van der Waals surface area (Å²) < 4.78 is 24.6. The third kappa shape index (κ3) is 2.82. The fourth-order valence-corrected chi connectivity index (χ4v) is 2.74. The van der Waals surface area contributed by atoms with E-state index in [-0.39, 0.29) is 18.0 Å². The molecule has 0 spiro atoms. The summed E-state index contributed by atoms with van der Waals surface area (Å²) in [5, 5.41) is 0. The molecule has 0 bridgehead atoms. The summed E-state index contributed by atoms with van der Waals surface area (Å²) in [6.07, 6.45) is -0.295. The molecule has 1 saturated heterocycles. The molecular formula is C16H21FN2O3. The molecular weight excluding hydrogens is 287 g/mol. The van der Waals surface area contributed by atoms with Gasteiger partial charge < -0.3 is 19.3 Å². The molecule has 0 aliphatic carbocycles. The molecule has 1 aromatic carbocycles. The van der Waals surface area contributed by atoms with Gasteiger partial charge in [0.2, 0.25) is 0 Å². The molecule has 5 nitrogen and oxygen atoms in total. The highest BCUT2D eigenvalue weighted by Crippen LogP contribution is 2.36. The van der Waals surface area contributed by atoms with E-state index >= 15 is 0 Å². The molecule has 2 aliphatic heterocycles. The number of carbonyl (C=O) groups excluding carboxylic acids is 1. The van der Waals surface area contributed by atoms with E-state index in [9.17, 15) is 9.18 Å². The minimum atomic E-state index is -0.489. The number of nitrogens with zero attached hydrogens (tertiary/aromatic N) is 2. The standard InChI is InChI=1S/C16H21FN2O3/c1-16(2,3)22-15(20)18-9-11(10-18)19-7-8-21-14-12(17)5-4-6-13(14)19/h4-6,11H,7-10H2,1-3H3. The van der Waals surface area contributed by atoms with E-state index in [1.165, 1.54) is 6.07 Å². The minimum absolute atomic E-state index is 0.178. The smallest absolute Gasteiger partial charge is 0.410 e. The molecule has 3 rings (SSSR count). The molecule has 0 N–H and O–H groups in total. The largest absolute Gasteiger partial charge is 0.486 e. The van der Waals surface area contributed by atoms with Crippen molar-refractivity contribution in [3.05, 3.63) is 24.0 Å². The highest BCUT2D eigenvalue weighted by molar-refractivity contribution is 5.70. The van der Waals surface area contributed by atoms with Crippen molar-refractivity contribution in [3.63, 3.8) is 0 Å². The van der Waals surface area contributed by atoms with Gasteiger partial charge in [-0.3, -0.25) is 0 Å². The zero-order chi connectivity index (χ0) is 15.9. The Labute approximate surface area is 129 Å². The van der Waals surface area contributed by atoms with Crippen LogP contribution in [0.1, 0.15) is 20.8 Å². The fraction of sp³-hybridized carbons (Fsp3) is 0.562. The topological polar surface area (TPSA) is 42.0 Å². The first-order valence-corrected chi connectivity index (χ1v) is 7.51. The lowest BCUT2D eigenvalue weighted by Gasteiger charge is -2.47. The molecule has 1 fully saturated rings. The maximum Gasteiger partial charge on any atom is 0.410 e. The molecule has 2 aliphatic rings. The average molecular weight is 308 g/mol. The summed E-state index contributed by atoms with van der Waals surface area (Å²) in [7, 11) is 0. The quantitative estimate of drug-likeness (QED) is 0.800. The van der Waals surface area contributed by atoms with Crippen molar-refractivity contribution in [3.8, 4) is 5.75 Å². The Morgan fingerprint density at radius 3 is 2.77 bits per heavy atom. The summed E-state index contributed by atoms with van der Waals surface area (Å²) in [5.41, 5.74) is 0.275. The van der Waals surface area contributed by atoms with Crippen LogP contribution in [0.25, 0.3) is 0 Å². The first-order chi connectivity index (χ1) is 10.3. The molecule has 1 aromatic rings. The van der Waals surface area contributed by atoms with Crippen LogP contribution < -0.4 is 9.64 Å². The number of para-hydroxylation sites is 1. The van der Waals surface area contributed by atoms with Crippen LogP contribution in [0.3, 0.4) is 0 Å². The molecule has 1 amide bonds. The Balaban J connectivity index is 1.65. The zero-order valence-corrected chi connectivity index (χ0v) is 13.1. The maximum absolute atomic E-state index is 13.8. The van der Waals surface area contributed by atoms with Gasteiger partial charge in [0.1, 0.15) is 12.2 Å². The summed E-state index contributed by atoms with van der Waals surface area (Å²) >= 11 is 0. The second-order valence-corrected chi connectivity index (χ2v) is 6.67. The van der Waals surface area contributed by atoms with Gasteiger partial charge in [0.25, 0.3) is 0 Å².